The summed E-state index contributed by atoms with van der Waals surface area (Å²) in [5, 5.41) is 10.1. The first kappa shape index (κ1) is 22.3. The van der Waals surface area contributed by atoms with Crippen LogP contribution in [0.2, 0.25) is 0 Å². The molecule has 3 rings (SSSR count). The largest absolute Gasteiger partial charge is 0.596 e. The summed E-state index contributed by atoms with van der Waals surface area (Å²) in [5.41, 5.74) is -1.75. The minimum absolute atomic E-state index is 0.0716. The summed E-state index contributed by atoms with van der Waals surface area (Å²) < 4.78 is 52.5. The highest BCUT2D eigenvalue weighted by Crippen LogP contribution is 2.36. The van der Waals surface area contributed by atoms with Crippen LogP contribution in [0.25, 0.3) is 11.1 Å². The third-order valence-corrected chi connectivity index (χ3v) is 4.85. The van der Waals surface area contributed by atoms with Crippen molar-refractivity contribution in [3.63, 3.8) is 0 Å². The number of hydrogen-bond acceptors (Lipinski definition) is 5. The highest BCUT2D eigenvalue weighted by atomic mass is 19.4. The Hall–Kier alpha value is -2.42. The van der Waals surface area contributed by atoms with Gasteiger partial charge in [0.2, 0.25) is 0 Å². The molecule has 1 amide bonds. The molecule has 2 aromatic rings. The second-order valence-electron chi connectivity index (χ2n) is 8.64. The number of oxazole rings is 1. The molecule has 30 heavy (non-hydrogen) atoms. The number of halogens is 3. The molecule has 9 heteroatoms. The van der Waals surface area contributed by atoms with Crippen LogP contribution in [0.4, 0.5) is 18.0 Å². The van der Waals surface area contributed by atoms with Gasteiger partial charge in [-0.05, 0) is 52.2 Å². The van der Waals surface area contributed by atoms with Crippen LogP contribution in [0, 0.1) is 12.8 Å². The molecule has 1 N–H and O–H groups in total. The van der Waals surface area contributed by atoms with Gasteiger partial charge < -0.3 is 14.3 Å². The summed E-state index contributed by atoms with van der Waals surface area (Å²) in [6.07, 6.45) is -2.23. The Morgan fingerprint density at radius 1 is 1.33 bits per heavy atom. The van der Waals surface area contributed by atoms with Crippen LogP contribution >= 0.6 is 0 Å². The predicted octanol–water partition coefficient (Wildman–Crippen LogP) is 4.83. The van der Waals surface area contributed by atoms with Crippen LogP contribution in [0.3, 0.4) is 0 Å². The summed E-state index contributed by atoms with van der Waals surface area (Å²) in [6.45, 7) is 6.45. The van der Waals surface area contributed by atoms with Gasteiger partial charge in [-0.25, -0.2) is 4.98 Å². The van der Waals surface area contributed by atoms with Gasteiger partial charge in [0.1, 0.15) is 16.7 Å². The summed E-state index contributed by atoms with van der Waals surface area (Å²) in [6, 6.07) is 2.43. The number of aliphatic hydroxyl groups is 1. The molecule has 0 bridgehead atoms. The number of carbonyl (C=O) groups is 1. The lowest BCUT2D eigenvalue weighted by molar-refractivity contribution is -0.464. The second kappa shape index (κ2) is 8.02. The lowest BCUT2D eigenvalue weighted by Gasteiger charge is -2.17. The molecule has 0 saturated heterocycles. The molecule has 2 atom stereocenters. The number of aryl methyl sites for hydroxylation is 1. The maximum atomic E-state index is 13.6. The van der Waals surface area contributed by atoms with E-state index in [0.29, 0.717) is 12.8 Å². The molecule has 164 valence electrons. The van der Waals surface area contributed by atoms with Gasteiger partial charge in [0, 0.05) is 12.5 Å². The van der Waals surface area contributed by atoms with Crippen molar-refractivity contribution in [2.75, 3.05) is 0 Å². The Morgan fingerprint density at radius 2 is 2.03 bits per heavy atom. The van der Waals surface area contributed by atoms with Crippen LogP contribution in [0.5, 0.6) is 0 Å². The quantitative estimate of drug-likeness (QED) is 0.561. The molecule has 1 saturated carbocycles. The first-order valence-corrected chi connectivity index (χ1v) is 9.83. The van der Waals surface area contributed by atoms with Crippen molar-refractivity contribution in [2.24, 2.45) is 5.92 Å². The van der Waals surface area contributed by atoms with E-state index in [1.165, 1.54) is 17.6 Å². The zero-order valence-electron chi connectivity index (χ0n) is 17.4. The molecular formula is C21H26F3N2O4+. The molecule has 1 fully saturated rings. The number of amides is 1. The first-order valence-electron chi connectivity index (χ1n) is 9.83. The van der Waals surface area contributed by atoms with Crippen LogP contribution < -0.4 is 0 Å². The maximum Gasteiger partial charge on any atom is 0.596 e. The van der Waals surface area contributed by atoms with Gasteiger partial charge >= 0.3 is 12.3 Å². The van der Waals surface area contributed by atoms with E-state index in [4.69, 9.17) is 9.15 Å². The van der Waals surface area contributed by atoms with Gasteiger partial charge in [0.05, 0.1) is 12.0 Å². The molecular weight excluding hydrogens is 401 g/mol. The van der Waals surface area contributed by atoms with Gasteiger partial charge in [0.25, 0.3) is 0 Å². The second-order valence-corrected chi connectivity index (χ2v) is 8.64. The van der Waals surface area contributed by atoms with E-state index >= 15 is 0 Å². The molecule has 0 radical (unpaired) electrons. The molecule has 1 aliphatic carbocycles. The number of hydrogen-bond donors (Lipinski definition) is 1. The smallest absolute Gasteiger partial charge is 0.440 e. The van der Waals surface area contributed by atoms with Crippen molar-refractivity contribution in [1.82, 2.24) is 4.98 Å². The number of ether oxygens (including phenoxy) is 1. The average Bonchev–Trinajstić information content (AvgIpc) is 3.15. The van der Waals surface area contributed by atoms with E-state index in [-0.39, 0.29) is 35.0 Å². The standard InChI is InChI=1S/C21H26F3N2O4/c1-12-25-16-9-13(8-15(18(16)29-12)21(22,23)24)10-26(19(28)30-20(2,3)4)11-14-6-5-7-17(14)27/h8-9,11,14,17,27H,5-7,10H2,1-4H3/q+1/b26-11+/t14?,17-/m0/s1. The number of nitrogens with zero attached hydrogens (tertiary/aromatic N) is 2. The summed E-state index contributed by atoms with van der Waals surface area (Å²) in [5.74, 6) is -0.144. The summed E-state index contributed by atoms with van der Waals surface area (Å²) in [7, 11) is 0. The third kappa shape index (κ3) is 5.19. The van der Waals surface area contributed by atoms with E-state index in [9.17, 15) is 23.1 Å². The fourth-order valence-electron chi connectivity index (χ4n) is 3.57. The maximum absolute atomic E-state index is 13.6. The Bertz CT molecular complexity index is 973. The van der Waals surface area contributed by atoms with Crippen LogP contribution in [0.15, 0.2) is 16.5 Å². The van der Waals surface area contributed by atoms with E-state index in [2.05, 4.69) is 4.98 Å². The van der Waals surface area contributed by atoms with Gasteiger partial charge in [-0.3, -0.25) is 0 Å². The average molecular weight is 427 g/mol. The SMILES string of the molecule is Cc1nc2cc(C/[N+](=C\C3CCC[C@@H]3O)C(=O)OC(C)(C)C)cc(C(F)(F)F)c2o1. The molecule has 1 aromatic carbocycles. The normalized spacial score (nSPS) is 20.7. The van der Waals surface area contributed by atoms with Crippen LogP contribution in [-0.2, 0) is 17.5 Å². The Balaban J connectivity index is 2.02. The zero-order chi connectivity index (χ0) is 22.3. The summed E-state index contributed by atoms with van der Waals surface area (Å²) in [4.78, 5) is 16.8. The number of aromatic nitrogens is 1. The first-order chi connectivity index (χ1) is 13.8. The number of aliphatic hydroxyl groups excluding tert-OH is 1. The Labute approximate surface area is 172 Å². The minimum Gasteiger partial charge on any atom is -0.440 e. The fraction of sp³-hybridized carbons (Fsp3) is 0.571. The van der Waals surface area contributed by atoms with Crippen molar-refractivity contribution in [1.29, 1.82) is 0 Å². The molecule has 1 unspecified atom stereocenters. The Morgan fingerprint density at radius 3 is 2.60 bits per heavy atom. The van der Waals surface area contributed by atoms with Crippen LogP contribution in [0.1, 0.15) is 57.1 Å². The van der Waals surface area contributed by atoms with E-state index in [1.807, 2.05) is 0 Å². The number of carbonyl (C=O) groups excluding carboxylic acids is 1. The van der Waals surface area contributed by atoms with Crippen molar-refractivity contribution >= 4 is 23.4 Å². The molecule has 1 aliphatic rings. The molecule has 6 nitrogen and oxygen atoms in total. The highest BCUT2D eigenvalue weighted by molar-refractivity contribution is 5.78. The topological polar surface area (TPSA) is 75.6 Å². The van der Waals surface area contributed by atoms with E-state index < -0.39 is 29.5 Å². The van der Waals surface area contributed by atoms with Crippen LogP contribution in [-0.4, -0.2) is 38.7 Å². The minimum atomic E-state index is -4.64. The highest BCUT2D eigenvalue weighted by Gasteiger charge is 2.37. The molecule has 1 heterocycles. The van der Waals surface area contributed by atoms with E-state index in [0.717, 1.165) is 12.5 Å². The monoisotopic (exact) mass is 427 g/mol. The zero-order valence-corrected chi connectivity index (χ0v) is 17.4. The number of fused-ring (bicyclic) bond motifs is 1. The predicted molar refractivity (Wildman–Crippen MR) is 103 cm³/mol. The lowest BCUT2D eigenvalue weighted by atomic mass is 10.1. The van der Waals surface area contributed by atoms with Crippen molar-refractivity contribution < 1.29 is 36.8 Å². The Kier molecular flexibility index (Phi) is 5.95. The fourth-order valence-corrected chi connectivity index (χ4v) is 3.57. The molecule has 0 spiro atoms. The lowest BCUT2D eigenvalue weighted by Crippen LogP contribution is -2.33. The van der Waals surface area contributed by atoms with Gasteiger partial charge in [-0.15, -0.1) is 4.58 Å². The van der Waals surface area contributed by atoms with Crippen molar-refractivity contribution in [3.8, 4) is 0 Å². The van der Waals surface area contributed by atoms with Gasteiger partial charge in [-0.1, -0.05) is 0 Å². The third-order valence-electron chi connectivity index (χ3n) is 4.85. The number of alkyl halides is 3. The molecule has 0 aliphatic heterocycles. The number of rotatable bonds is 3. The van der Waals surface area contributed by atoms with Gasteiger partial charge in [0.15, 0.2) is 24.2 Å². The van der Waals surface area contributed by atoms with Crippen molar-refractivity contribution in [3.05, 3.63) is 29.2 Å². The summed E-state index contributed by atoms with van der Waals surface area (Å²) >= 11 is 0. The van der Waals surface area contributed by atoms with Gasteiger partial charge in [-0.2, -0.15) is 18.0 Å². The molecule has 1 aromatic heterocycles. The van der Waals surface area contributed by atoms with Crippen molar-refractivity contribution in [2.45, 2.75) is 71.4 Å². The number of benzene rings is 1. The van der Waals surface area contributed by atoms with E-state index in [1.54, 1.807) is 27.0 Å².